The van der Waals surface area contributed by atoms with E-state index in [0.717, 1.165) is 22.1 Å². The van der Waals surface area contributed by atoms with Crippen LogP contribution in [0.1, 0.15) is 25.9 Å². The van der Waals surface area contributed by atoms with Crippen molar-refractivity contribution in [3.63, 3.8) is 0 Å². The fraction of sp³-hybridized carbons (Fsp3) is 0.167. The highest BCUT2D eigenvalue weighted by molar-refractivity contribution is 7.13. The quantitative estimate of drug-likeness (QED) is 0.723. The lowest BCUT2D eigenvalue weighted by Crippen LogP contribution is -2.24. The fourth-order valence-corrected chi connectivity index (χ4v) is 3.51. The molecule has 0 aliphatic carbocycles. The lowest BCUT2D eigenvalue weighted by atomic mass is 10.0. The molecule has 0 fully saturated rings. The number of carboxylic acids is 1. The Hall–Kier alpha value is -2.93. The second-order valence-electron chi connectivity index (χ2n) is 5.55. The minimum absolute atomic E-state index is 0.0235. The van der Waals surface area contributed by atoms with Gasteiger partial charge >= 0.3 is 0 Å². The number of nitrogens with zero attached hydrogens (tertiary/aromatic N) is 1. The summed E-state index contributed by atoms with van der Waals surface area (Å²) in [5.41, 5.74) is 0.983. The molecule has 0 saturated heterocycles. The molecule has 1 aromatic heterocycles. The summed E-state index contributed by atoms with van der Waals surface area (Å²) in [7, 11) is 0. The molecule has 6 nitrogen and oxygen atoms in total. The third-order valence-electron chi connectivity index (χ3n) is 3.82. The van der Waals surface area contributed by atoms with Crippen LogP contribution in [-0.4, -0.2) is 22.0 Å². The number of aromatic nitrogens is 1. The molecule has 0 saturated carbocycles. The molecule has 2 N–H and O–H groups in total. The van der Waals surface area contributed by atoms with E-state index in [4.69, 9.17) is 0 Å². The Balaban J connectivity index is 1.72. The van der Waals surface area contributed by atoms with E-state index in [1.165, 1.54) is 0 Å². The van der Waals surface area contributed by atoms with Crippen molar-refractivity contribution in [2.75, 3.05) is 0 Å². The molecule has 0 spiro atoms. The lowest BCUT2D eigenvalue weighted by Gasteiger charge is -2.10. The maximum Gasteiger partial charge on any atom is 0.227 e. The summed E-state index contributed by atoms with van der Waals surface area (Å²) in [6.07, 6.45) is -0.0235. The Morgan fingerprint density at radius 1 is 1.24 bits per heavy atom. The molecular formula is C18H15N2O4S-. The average molecular weight is 355 g/mol. The topological polar surface area (TPSA) is 102 Å². The molecule has 1 heterocycles. The first-order valence-electron chi connectivity index (χ1n) is 7.59. The van der Waals surface area contributed by atoms with Gasteiger partial charge in [-0.3, -0.25) is 4.79 Å². The van der Waals surface area contributed by atoms with Gasteiger partial charge in [-0.1, -0.05) is 30.3 Å². The second kappa shape index (κ2) is 6.90. The van der Waals surface area contributed by atoms with Gasteiger partial charge in [0.15, 0.2) is 0 Å². The van der Waals surface area contributed by atoms with Crippen LogP contribution in [0.4, 0.5) is 0 Å². The van der Waals surface area contributed by atoms with Crippen LogP contribution in [-0.2, 0) is 17.8 Å². The standard InChI is InChI=1S/C18H16N2O4S/c1-10-17(18(23)24)25-16(20-10)8-15(22)19-9-13-12-5-3-2-4-11(12)6-7-14(13)21/h2-7,21H,8-9H2,1H3,(H,19,22)(H,23,24)/p-1. The zero-order valence-electron chi connectivity index (χ0n) is 13.4. The van der Waals surface area contributed by atoms with Crippen LogP contribution in [0, 0.1) is 6.92 Å². The zero-order valence-corrected chi connectivity index (χ0v) is 14.2. The molecule has 128 valence electrons. The minimum Gasteiger partial charge on any atom is -0.544 e. The molecule has 0 atom stereocenters. The number of thiazole rings is 1. The number of phenolic OH excluding ortho intramolecular Hbond substituents is 1. The number of amides is 1. The number of rotatable bonds is 5. The summed E-state index contributed by atoms with van der Waals surface area (Å²) in [6, 6.07) is 11.0. The van der Waals surface area contributed by atoms with E-state index >= 15 is 0 Å². The Morgan fingerprint density at radius 2 is 2.00 bits per heavy atom. The van der Waals surface area contributed by atoms with E-state index in [1.54, 1.807) is 13.0 Å². The number of carbonyl (C=O) groups excluding carboxylic acids is 2. The van der Waals surface area contributed by atoms with E-state index in [1.807, 2.05) is 30.3 Å². The summed E-state index contributed by atoms with van der Waals surface area (Å²) in [6.45, 7) is 1.74. The summed E-state index contributed by atoms with van der Waals surface area (Å²) < 4.78 is 0. The highest BCUT2D eigenvalue weighted by atomic mass is 32.1. The smallest absolute Gasteiger partial charge is 0.227 e. The number of hydrogen-bond donors (Lipinski definition) is 2. The molecule has 3 rings (SSSR count). The van der Waals surface area contributed by atoms with Crippen molar-refractivity contribution in [1.82, 2.24) is 10.3 Å². The SMILES string of the molecule is Cc1nc(CC(=O)NCc2c(O)ccc3ccccc23)sc1C(=O)[O-]. The van der Waals surface area contributed by atoms with Gasteiger partial charge in [0.25, 0.3) is 0 Å². The van der Waals surface area contributed by atoms with E-state index in [9.17, 15) is 19.8 Å². The number of benzene rings is 2. The summed E-state index contributed by atoms with van der Waals surface area (Å²) >= 11 is 0.940. The minimum atomic E-state index is -1.29. The number of aromatic carboxylic acids is 1. The number of carbonyl (C=O) groups is 2. The predicted molar refractivity (Wildman–Crippen MR) is 92.3 cm³/mol. The summed E-state index contributed by atoms with van der Waals surface area (Å²) in [5, 5.41) is 26.0. The molecular weight excluding hydrogens is 340 g/mol. The molecule has 7 heteroatoms. The van der Waals surface area contributed by atoms with Gasteiger partial charge in [-0.2, -0.15) is 0 Å². The van der Waals surface area contributed by atoms with Crippen molar-refractivity contribution in [2.45, 2.75) is 19.9 Å². The number of aryl methyl sites for hydroxylation is 1. The van der Waals surface area contributed by atoms with Crippen molar-refractivity contribution in [1.29, 1.82) is 0 Å². The van der Waals surface area contributed by atoms with Crippen LogP contribution in [0.15, 0.2) is 36.4 Å². The van der Waals surface area contributed by atoms with E-state index < -0.39 is 5.97 Å². The van der Waals surface area contributed by atoms with Gasteiger partial charge in [0.1, 0.15) is 10.8 Å². The third-order valence-corrected chi connectivity index (χ3v) is 4.95. The maximum absolute atomic E-state index is 12.1. The Labute approximate surface area is 147 Å². The van der Waals surface area contributed by atoms with E-state index in [0.29, 0.717) is 16.3 Å². The van der Waals surface area contributed by atoms with Crippen LogP contribution in [0.5, 0.6) is 5.75 Å². The second-order valence-corrected chi connectivity index (χ2v) is 6.63. The number of nitrogens with one attached hydrogen (secondary N) is 1. The van der Waals surface area contributed by atoms with E-state index in [2.05, 4.69) is 10.3 Å². The van der Waals surface area contributed by atoms with Gasteiger partial charge in [-0.05, 0) is 23.8 Å². The number of phenols is 1. The van der Waals surface area contributed by atoms with Crippen LogP contribution in [0.2, 0.25) is 0 Å². The molecule has 25 heavy (non-hydrogen) atoms. The van der Waals surface area contributed by atoms with Gasteiger partial charge in [-0.25, -0.2) is 4.98 Å². The first-order chi connectivity index (χ1) is 12.0. The van der Waals surface area contributed by atoms with Crippen molar-refractivity contribution in [3.05, 3.63) is 57.5 Å². The Kier molecular flexibility index (Phi) is 4.67. The molecule has 0 bridgehead atoms. The van der Waals surface area contributed by atoms with Crippen LogP contribution < -0.4 is 10.4 Å². The Morgan fingerprint density at radius 3 is 2.72 bits per heavy atom. The van der Waals surface area contributed by atoms with Gasteiger partial charge in [-0.15, -0.1) is 11.3 Å². The van der Waals surface area contributed by atoms with Gasteiger partial charge < -0.3 is 20.3 Å². The first-order valence-corrected chi connectivity index (χ1v) is 8.41. The normalized spacial score (nSPS) is 10.8. The number of aromatic hydroxyl groups is 1. The van der Waals surface area contributed by atoms with Gasteiger partial charge in [0.2, 0.25) is 5.91 Å². The Bertz CT molecular complexity index is 965. The number of carboxylic acid groups (broad SMARTS) is 1. The van der Waals surface area contributed by atoms with Crippen molar-refractivity contribution >= 4 is 34.0 Å². The molecule has 0 aliphatic heterocycles. The highest BCUT2D eigenvalue weighted by Gasteiger charge is 2.13. The van der Waals surface area contributed by atoms with Crippen LogP contribution in [0.3, 0.4) is 0 Å². The monoisotopic (exact) mass is 355 g/mol. The zero-order chi connectivity index (χ0) is 18.0. The third kappa shape index (κ3) is 3.61. The molecule has 0 aliphatic rings. The molecule has 3 aromatic rings. The summed E-state index contributed by atoms with van der Waals surface area (Å²) in [5.74, 6) is -1.48. The van der Waals surface area contributed by atoms with Crippen molar-refractivity contribution < 1.29 is 19.8 Å². The number of hydrogen-bond acceptors (Lipinski definition) is 6. The van der Waals surface area contributed by atoms with Gasteiger partial charge in [0, 0.05) is 12.1 Å². The van der Waals surface area contributed by atoms with Crippen molar-refractivity contribution in [3.8, 4) is 5.75 Å². The molecule has 0 unspecified atom stereocenters. The molecule has 0 radical (unpaired) electrons. The number of fused-ring (bicyclic) bond motifs is 1. The van der Waals surface area contributed by atoms with Crippen LogP contribution in [0.25, 0.3) is 10.8 Å². The average Bonchev–Trinajstić information content (AvgIpc) is 2.94. The molecule has 2 aromatic carbocycles. The summed E-state index contributed by atoms with van der Waals surface area (Å²) in [4.78, 5) is 27.2. The predicted octanol–water partition coefficient (Wildman–Crippen LogP) is 1.53. The molecule has 1 amide bonds. The largest absolute Gasteiger partial charge is 0.544 e. The maximum atomic E-state index is 12.1. The lowest BCUT2D eigenvalue weighted by molar-refractivity contribution is -0.254. The van der Waals surface area contributed by atoms with Crippen molar-refractivity contribution in [2.24, 2.45) is 0 Å². The first kappa shape index (κ1) is 16.9. The highest BCUT2D eigenvalue weighted by Crippen LogP contribution is 2.27. The fourth-order valence-electron chi connectivity index (χ4n) is 2.61. The van der Waals surface area contributed by atoms with Crippen LogP contribution >= 0.6 is 11.3 Å². The van der Waals surface area contributed by atoms with E-state index in [-0.39, 0.29) is 29.5 Å². The van der Waals surface area contributed by atoms with Gasteiger partial charge in [0.05, 0.1) is 23.0 Å².